The number of nitrogens with one attached hydrogen (secondary N) is 1. The van der Waals surface area contributed by atoms with Gasteiger partial charge in [-0.15, -0.1) is 0 Å². The molecule has 0 amide bonds. The molecule has 0 rings (SSSR count). The molecular formula is C10H21N3O2. The van der Waals surface area contributed by atoms with Crippen LogP contribution in [0.5, 0.6) is 0 Å². The summed E-state index contributed by atoms with van der Waals surface area (Å²) in [5, 5.41) is 16.8. The van der Waals surface area contributed by atoms with Gasteiger partial charge in [0.05, 0.1) is 0 Å². The van der Waals surface area contributed by atoms with Crippen LogP contribution < -0.4 is 11.5 Å². The molecule has 0 bridgehead atoms. The van der Waals surface area contributed by atoms with Crippen LogP contribution >= 0.6 is 0 Å². The van der Waals surface area contributed by atoms with Crippen LogP contribution in [0.25, 0.3) is 0 Å². The zero-order chi connectivity index (χ0) is 12.3. The quantitative estimate of drug-likeness (QED) is 0.389. The summed E-state index contributed by atoms with van der Waals surface area (Å²) >= 11 is 0. The topological polar surface area (TPSA) is 113 Å². The first kappa shape index (κ1) is 14.1. The first-order valence-corrected chi connectivity index (χ1v) is 5.13. The highest BCUT2D eigenvalue weighted by atomic mass is 16.4. The Bertz CT molecular complexity index is 263. The second-order valence-corrected chi connectivity index (χ2v) is 3.98. The Morgan fingerprint density at radius 1 is 1.40 bits per heavy atom. The van der Waals surface area contributed by atoms with Crippen LogP contribution in [0.3, 0.4) is 0 Å². The van der Waals surface area contributed by atoms with E-state index in [0.717, 1.165) is 6.42 Å². The zero-order valence-electron chi connectivity index (χ0n) is 9.63. The maximum atomic E-state index is 11.1. The van der Waals surface area contributed by atoms with Crippen LogP contribution in [0.2, 0.25) is 0 Å². The van der Waals surface area contributed by atoms with E-state index >= 15 is 0 Å². The molecule has 0 saturated carbocycles. The minimum atomic E-state index is -1.87. The van der Waals surface area contributed by atoms with Crippen LogP contribution in [0.4, 0.5) is 0 Å². The van der Waals surface area contributed by atoms with E-state index in [2.05, 4.69) is 0 Å². The lowest BCUT2D eigenvalue weighted by Gasteiger charge is -2.42. The molecule has 0 saturated heterocycles. The minimum Gasteiger partial charge on any atom is -0.479 e. The van der Waals surface area contributed by atoms with Crippen molar-refractivity contribution in [3.05, 3.63) is 0 Å². The molecule has 0 heterocycles. The number of hydrogen-bond acceptors (Lipinski definition) is 4. The fraction of sp³-hybridized carbons (Fsp3) is 0.800. The normalized spacial score (nSPS) is 15.8. The predicted molar refractivity (Wildman–Crippen MR) is 59.8 cm³/mol. The Balaban J connectivity index is 5.42. The third-order valence-electron chi connectivity index (χ3n) is 3.14. The highest BCUT2D eigenvalue weighted by Gasteiger charge is 2.51. The van der Waals surface area contributed by atoms with Crippen LogP contribution in [0.15, 0.2) is 0 Å². The lowest BCUT2D eigenvalue weighted by Crippen LogP contribution is -2.69. The smallest absolute Gasteiger partial charge is 0.339 e. The number of aliphatic carboxylic acids is 1. The molecule has 0 aliphatic rings. The van der Waals surface area contributed by atoms with Gasteiger partial charge < -0.3 is 22.0 Å². The van der Waals surface area contributed by atoms with Crippen LogP contribution in [-0.2, 0) is 4.79 Å². The summed E-state index contributed by atoms with van der Waals surface area (Å²) in [4.78, 5) is 11.1. The van der Waals surface area contributed by atoms with Crippen LogP contribution in [0.1, 0.15) is 40.0 Å². The summed E-state index contributed by atoms with van der Waals surface area (Å²) in [6.45, 7) is 5.30. The van der Waals surface area contributed by atoms with E-state index in [1.807, 2.05) is 13.8 Å². The zero-order valence-corrected chi connectivity index (χ0v) is 9.63. The molecule has 1 atom stereocenters. The van der Waals surface area contributed by atoms with Crippen molar-refractivity contribution in [3.8, 4) is 0 Å². The van der Waals surface area contributed by atoms with Gasteiger partial charge in [0.1, 0.15) is 0 Å². The molecule has 6 N–H and O–H groups in total. The standard InChI is InChI=1S/C10H21N3O2/c1-4-6-9(5-2,7(3)11)10(12,13)8(14)15/h11H,4-6,12-13H2,1-3H3,(H,14,15). The molecule has 15 heavy (non-hydrogen) atoms. The molecule has 0 aromatic rings. The summed E-state index contributed by atoms with van der Waals surface area (Å²) in [5.41, 5.74) is 8.76. The third-order valence-corrected chi connectivity index (χ3v) is 3.14. The lowest BCUT2D eigenvalue weighted by molar-refractivity contribution is -0.147. The second kappa shape index (κ2) is 4.72. The largest absolute Gasteiger partial charge is 0.479 e. The van der Waals surface area contributed by atoms with Gasteiger partial charge in [0.2, 0.25) is 0 Å². The molecule has 5 heteroatoms. The molecule has 0 aromatic carbocycles. The Morgan fingerprint density at radius 3 is 2.07 bits per heavy atom. The predicted octanol–water partition coefficient (Wildman–Crippen LogP) is 0.921. The maximum absolute atomic E-state index is 11.1. The Labute approximate surface area is 90.3 Å². The fourth-order valence-electron chi connectivity index (χ4n) is 2.07. The average molecular weight is 215 g/mol. The van der Waals surface area contributed by atoms with Crippen molar-refractivity contribution in [2.45, 2.75) is 45.7 Å². The Kier molecular flexibility index (Phi) is 4.42. The van der Waals surface area contributed by atoms with E-state index in [0.29, 0.717) is 12.8 Å². The van der Waals surface area contributed by atoms with E-state index in [9.17, 15) is 4.79 Å². The van der Waals surface area contributed by atoms with Crippen molar-refractivity contribution < 1.29 is 9.90 Å². The van der Waals surface area contributed by atoms with Gasteiger partial charge in [-0.05, 0) is 19.8 Å². The van der Waals surface area contributed by atoms with Gasteiger partial charge in [0.25, 0.3) is 0 Å². The monoisotopic (exact) mass is 215 g/mol. The summed E-state index contributed by atoms with van der Waals surface area (Å²) in [6, 6.07) is 0. The highest BCUT2D eigenvalue weighted by molar-refractivity contribution is 5.94. The van der Waals surface area contributed by atoms with E-state index in [4.69, 9.17) is 22.0 Å². The number of nitrogens with two attached hydrogens (primary N) is 2. The van der Waals surface area contributed by atoms with Gasteiger partial charge in [0, 0.05) is 11.1 Å². The summed E-state index contributed by atoms with van der Waals surface area (Å²) in [7, 11) is 0. The molecule has 0 spiro atoms. The molecule has 0 fully saturated rings. The molecular weight excluding hydrogens is 194 g/mol. The molecule has 0 radical (unpaired) electrons. The number of carboxylic acid groups (broad SMARTS) is 1. The van der Waals surface area contributed by atoms with Crippen molar-refractivity contribution in [1.82, 2.24) is 0 Å². The van der Waals surface area contributed by atoms with Gasteiger partial charge in [-0.1, -0.05) is 20.3 Å². The van der Waals surface area contributed by atoms with E-state index in [1.54, 1.807) is 6.92 Å². The van der Waals surface area contributed by atoms with Crippen molar-refractivity contribution in [2.24, 2.45) is 16.9 Å². The van der Waals surface area contributed by atoms with Gasteiger partial charge >= 0.3 is 5.97 Å². The molecule has 88 valence electrons. The SMILES string of the molecule is CCCC(CC)(C(C)=N)C(N)(N)C(=O)O. The second-order valence-electron chi connectivity index (χ2n) is 3.98. The third kappa shape index (κ3) is 2.18. The first-order chi connectivity index (χ1) is 6.76. The van der Waals surface area contributed by atoms with E-state index in [-0.39, 0.29) is 5.71 Å². The number of hydrogen-bond donors (Lipinski definition) is 4. The molecule has 0 aliphatic heterocycles. The van der Waals surface area contributed by atoms with E-state index in [1.165, 1.54) is 0 Å². The number of carboxylic acids is 1. The highest BCUT2D eigenvalue weighted by Crippen LogP contribution is 2.36. The molecule has 0 aliphatic carbocycles. The molecule has 5 nitrogen and oxygen atoms in total. The van der Waals surface area contributed by atoms with E-state index < -0.39 is 17.0 Å². The van der Waals surface area contributed by atoms with Gasteiger partial charge in [0.15, 0.2) is 5.66 Å². The van der Waals surface area contributed by atoms with Gasteiger partial charge in [-0.2, -0.15) is 0 Å². The lowest BCUT2D eigenvalue weighted by atomic mass is 9.67. The number of carbonyl (C=O) groups is 1. The summed E-state index contributed by atoms with van der Waals surface area (Å²) in [5.74, 6) is -1.26. The van der Waals surface area contributed by atoms with Crippen molar-refractivity contribution >= 4 is 11.7 Å². The summed E-state index contributed by atoms with van der Waals surface area (Å²) < 4.78 is 0. The molecule has 1 unspecified atom stereocenters. The molecule has 0 aromatic heterocycles. The minimum absolute atomic E-state index is 0.235. The van der Waals surface area contributed by atoms with Crippen molar-refractivity contribution in [1.29, 1.82) is 5.41 Å². The van der Waals surface area contributed by atoms with Gasteiger partial charge in [-0.25, -0.2) is 4.79 Å². The van der Waals surface area contributed by atoms with Gasteiger partial charge in [-0.3, -0.25) is 0 Å². The maximum Gasteiger partial charge on any atom is 0.339 e. The average Bonchev–Trinajstić information content (AvgIpc) is 2.12. The van der Waals surface area contributed by atoms with Crippen molar-refractivity contribution in [3.63, 3.8) is 0 Å². The fourth-order valence-corrected chi connectivity index (χ4v) is 2.07. The number of rotatable bonds is 6. The van der Waals surface area contributed by atoms with Crippen LogP contribution in [-0.4, -0.2) is 22.5 Å². The van der Waals surface area contributed by atoms with Crippen molar-refractivity contribution in [2.75, 3.05) is 0 Å². The Morgan fingerprint density at radius 2 is 1.87 bits per heavy atom. The Hall–Kier alpha value is -0.940. The van der Waals surface area contributed by atoms with Crippen LogP contribution in [0, 0.1) is 10.8 Å². The first-order valence-electron chi connectivity index (χ1n) is 5.13. The summed E-state index contributed by atoms with van der Waals surface area (Å²) in [6.07, 6.45) is 1.71.